The van der Waals surface area contributed by atoms with E-state index in [0.717, 1.165) is 11.1 Å². The number of ether oxygens (including phenoxy) is 2. The van der Waals surface area contributed by atoms with Crippen LogP contribution in [0.25, 0.3) is 0 Å². The van der Waals surface area contributed by atoms with Crippen molar-refractivity contribution in [2.24, 2.45) is 0 Å². The van der Waals surface area contributed by atoms with Crippen molar-refractivity contribution >= 4 is 11.9 Å². The Bertz CT molecular complexity index is 774. The van der Waals surface area contributed by atoms with Gasteiger partial charge in [-0.15, -0.1) is 0 Å². The Morgan fingerprint density at radius 2 is 1.66 bits per heavy atom. The molecule has 2 rings (SSSR count). The highest BCUT2D eigenvalue weighted by molar-refractivity contribution is 5.78. The molecule has 156 valence electrons. The summed E-state index contributed by atoms with van der Waals surface area (Å²) in [5.74, 6) is -0.506. The van der Waals surface area contributed by atoms with E-state index in [1.807, 2.05) is 44.2 Å². The summed E-state index contributed by atoms with van der Waals surface area (Å²) >= 11 is 0. The lowest BCUT2D eigenvalue weighted by atomic mass is 10.1. The number of hydrogen-bond acceptors (Lipinski definition) is 4. The predicted molar refractivity (Wildman–Crippen MR) is 111 cm³/mol. The first-order chi connectivity index (χ1) is 13.9. The Balaban J connectivity index is 1.92. The Kier molecular flexibility index (Phi) is 8.68. The van der Waals surface area contributed by atoms with Crippen molar-refractivity contribution in [1.82, 2.24) is 4.90 Å². The molecule has 0 aliphatic heterocycles. The standard InChI is InChI=1S/C23H29NO5/c1-4-28-21(23(26)27)14-18-10-12-20(13-11-18)29-16-22(25)24(17(2)3)15-19-8-6-5-7-9-19/h5-13,17,21H,4,14-16H2,1-3H3,(H,26,27)/t21-/m0/s1. The molecule has 2 aromatic rings. The zero-order valence-electron chi connectivity index (χ0n) is 17.2. The third-order valence-corrected chi connectivity index (χ3v) is 4.49. The molecule has 0 bridgehead atoms. The molecule has 2 aromatic carbocycles. The van der Waals surface area contributed by atoms with Crippen LogP contribution in [0.1, 0.15) is 31.9 Å². The van der Waals surface area contributed by atoms with Gasteiger partial charge in [0.2, 0.25) is 0 Å². The van der Waals surface area contributed by atoms with Crippen molar-refractivity contribution < 1.29 is 24.2 Å². The Labute approximate surface area is 172 Å². The maximum atomic E-state index is 12.6. The lowest BCUT2D eigenvalue weighted by Gasteiger charge is -2.27. The number of carbonyl (C=O) groups excluding carboxylic acids is 1. The number of hydrogen-bond donors (Lipinski definition) is 1. The average molecular weight is 399 g/mol. The van der Waals surface area contributed by atoms with Gasteiger partial charge in [0.25, 0.3) is 5.91 Å². The fourth-order valence-corrected chi connectivity index (χ4v) is 2.92. The van der Waals surface area contributed by atoms with Crippen LogP contribution < -0.4 is 4.74 Å². The molecule has 1 N–H and O–H groups in total. The van der Waals surface area contributed by atoms with Crippen molar-refractivity contribution in [2.45, 2.75) is 45.9 Å². The Morgan fingerprint density at radius 3 is 2.21 bits per heavy atom. The molecule has 0 aliphatic carbocycles. The minimum absolute atomic E-state index is 0.0545. The van der Waals surface area contributed by atoms with Gasteiger partial charge in [0.15, 0.2) is 12.7 Å². The van der Waals surface area contributed by atoms with E-state index in [-0.39, 0.29) is 25.0 Å². The molecule has 6 nitrogen and oxygen atoms in total. The van der Waals surface area contributed by atoms with E-state index in [1.165, 1.54) is 0 Å². The fourth-order valence-electron chi connectivity index (χ4n) is 2.92. The van der Waals surface area contributed by atoms with Gasteiger partial charge in [-0.1, -0.05) is 42.5 Å². The summed E-state index contributed by atoms with van der Waals surface area (Å²) in [6.07, 6.45) is -0.591. The first-order valence-corrected chi connectivity index (χ1v) is 9.80. The van der Waals surface area contributed by atoms with E-state index < -0.39 is 12.1 Å². The van der Waals surface area contributed by atoms with Crippen LogP contribution in [0, 0.1) is 0 Å². The summed E-state index contributed by atoms with van der Waals surface area (Å²) in [5, 5.41) is 9.18. The number of amides is 1. The van der Waals surface area contributed by atoms with Gasteiger partial charge in [0.05, 0.1) is 0 Å². The quantitative estimate of drug-likeness (QED) is 0.626. The smallest absolute Gasteiger partial charge is 0.333 e. The molecule has 0 aromatic heterocycles. The van der Waals surface area contributed by atoms with Gasteiger partial charge in [-0.25, -0.2) is 4.79 Å². The molecule has 0 fully saturated rings. The molecule has 0 spiro atoms. The summed E-state index contributed by atoms with van der Waals surface area (Å²) in [5.41, 5.74) is 1.90. The fraction of sp³-hybridized carbons (Fsp3) is 0.391. The van der Waals surface area contributed by atoms with Gasteiger partial charge in [-0.3, -0.25) is 4.79 Å². The van der Waals surface area contributed by atoms with Gasteiger partial charge >= 0.3 is 5.97 Å². The van der Waals surface area contributed by atoms with E-state index in [2.05, 4.69) is 0 Å². The van der Waals surface area contributed by atoms with Crippen molar-refractivity contribution in [3.8, 4) is 5.75 Å². The van der Waals surface area contributed by atoms with Crippen LogP contribution in [0.3, 0.4) is 0 Å². The zero-order chi connectivity index (χ0) is 21.2. The molecule has 0 radical (unpaired) electrons. The number of nitrogens with zero attached hydrogens (tertiary/aromatic N) is 1. The lowest BCUT2D eigenvalue weighted by molar-refractivity contribution is -0.150. The first-order valence-electron chi connectivity index (χ1n) is 9.80. The molecule has 6 heteroatoms. The van der Waals surface area contributed by atoms with Gasteiger partial charge in [0.1, 0.15) is 5.75 Å². The van der Waals surface area contributed by atoms with Crippen LogP contribution in [0.5, 0.6) is 5.75 Å². The molecule has 0 saturated heterocycles. The average Bonchev–Trinajstić information content (AvgIpc) is 2.71. The van der Waals surface area contributed by atoms with Gasteiger partial charge in [-0.2, -0.15) is 0 Å². The largest absolute Gasteiger partial charge is 0.484 e. The molecule has 0 saturated carbocycles. The molecule has 29 heavy (non-hydrogen) atoms. The molecule has 1 amide bonds. The van der Waals surface area contributed by atoms with Gasteiger partial charge < -0.3 is 19.5 Å². The molecular formula is C23H29NO5. The number of aliphatic carboxylic acids is 1. The molecule has 1 atom stereocenters. The topological polar surface area (TPSA) is 76.1 Å². The monoisotopic (exact) mass is 399 g/mol. The highest BCUT2D eigenvalue weighted by Crippen LogP contribution is 2.16. The van der Waals surface area contributed by atoms with E-state index >= 15 is 0 Å². The van der Waals surface area contributed by atoms with E-state index in [0.29, 0.717) is 18.9 Å². The maximum Gasteiger partial charge on any atom is 0.333 e. The van der Waals surface area contributed by atoms with Crippen LogP contribution in [-0.4, -0.2) is 47.2 Å². The number of carbonyl (C=O) groups is 2. The predicted octanol–water partition coefficient (Wildman–Crippen LogP) is 3.53. The number of benzene rings is 2. The summed E-state index contributed by atoms with van der Waals surface area (Å²) in [4.78, 5) is 25.6. The molecule has 0 heterocycles. The van der Waals surface area contributed by atoms with Crippen molar-refractivity contribution in [3.63, 3.8) is 0 Å². The van der Waals surface area contributed by atoms with E-state index in [4.69, 9.17) is 9.47 Å². The first kappa shape index (κ1) is 22.4. The van der Waals surface area contributed by atoms with Crippen LogP contribution >= 0.6 is 0 Å². The minimum Gasteiger partial charge on any atom is -0.484 e. The SMILES string of the molecule is CCO[C@@H](Cc1ccc(OCC(=O)N(Cc2ccccc2)C(C)C)cc1)C(=O)O. The second-order valence-corrected chi connectivity index (χ2v) is 7.02. The highest BCUT2D eigenvalue weighted by atomic mass is 16.5. The molecule has 0 unspecified atom stereocenters. The second-order valence-electron chi connectivity index (χ2n) is 7.02. The summed E-state index contributed by atoms with van der Waals surface area (Å²) in [6.45, 7) is 6.55. The number of carboxylic acid groups (broad SMARTS) is 1. The maximum absolute atomic E-state index is 12.6. The van der Waals surface area contributed by atoms with E-state index in [9.17, 15) is 14.7 Å². The van der Waals surface area contributed by atoms with Crippen molar-refractivity contribution in [3.05, 3.63) is 65.7 Å². The number of rotatable bonds is 11. The highest BCUT2D eigenvalue weighted by Gasteiger charge is 2.19. The Hall–Kier alpha value is -2.86. The number of carboxylic acids is 1. The third-order valence-electron chi connectivity index (χ3n) is 4.49. The van der Waals surface area contributed by atoms with Crippen molar-refractivity contribution in [1.29, 1.82) is 0 Å². The summed E-state index contributed by atoms with van der Waals surface area (Å²) < 4.78 is 10.9. The van der Waals surface area contributed by atoms with Crippen LogP contribution in [0.4, 0.5) is 0 Å². The zero-order valence-corrected chi connectivity index (χ0v) is 17.2. The summed E-state index contributed by atoms with van der Waals surface area (Å²) in [6, 6.07) is 17.0. The third kappa shape index (κ3) is 7.23. The lowest BCUT2D eigenvalue weighted by Crippen LogP contribution is -2.39. The van der Waals surface area contributed by atoms with Gasteiger partial charge in [0, 0.05) is 25.6 Å². The normalized spacial score (nSPS) is 11.9. The van der Waals surface area contributed by atoms with Crippen LogP contribution in [-0.2, 0) is 27.3 Å². The molecule has 0 aliphatic rings. The summed E-state index contributed by atoms with van der Waals surface area (Å²) in [7, 11) is 0. The van der Waals surface area contributed by atoms with Crippen LogP contribution in [0.2, 0.25) is 0 Å². The van der Waals surface area contributed by atoms with Crippen molar-refractivity contribution in [2.75, 3.05) is 13.2 Å². The molecular weight excluding hydrogens is 370 g/mol. The minimum atomic E-state index is -0.982. The van der Waals surface area contributed by atoms with Crippen LogP contribution in [0.15, 0.2) is 54.6 Å². The Morgan fingerprint density at radius 1 is 1.00 bits per heavy atom. The van der Waals surface area contributed by atoms with E-state index in [1.54, 1.807) is 36.1 Å². The second kappa shape index (κ2) is 11.2. The van der Waals surface area contributed by atoms with Gasteiger partial charge in [-0.05, 0) is 44.0 Å².